The van der Waals surface area contributed by atoms with Crippen molar-refractivity contribution in [1.82, 2.24) is 19.6 Å². The topological polar surface area (TPSA) is 105 Å². The van der Waals surface area contributed by atoms with Crippen LogP contribution in [0.2, 0.25) is 0 Å². The summed E-state index contributed by atoms with van der Waals surface area (Å²) in [6.45, 7) is 6.42. The Hall–Kier alpha value is -2.97. The number of hydrogen-bond acceptors (Lipinski definition) is 5. The molecule has 31 heavy (non-hydrogen) atoms. The Balaban J connectivity index is 1.58. The molecule has 2 aliphatic heterocycles. The number of amides is 2. The molecule has 8 heteroatoms. The maximum absolute atomic E-state index is 12.6. The lowest BCUT2D eigenvalue weighted by molar-refractivity contribution is -0.127. The first-order chi connectivity index (χ1) is 15.0. The van der Waals surface area contributed by atoms with E-state index in [2.05, 4.69) is 6.58 Å². The predicted molar refractivity (Wildman–Crippen MR) is 117 cm³/mol. The summed E-state index contributed by atoms with van der Waals surface area (Å²) in [5, 5.41) is 14.8. The number of aliphatic hydroxyl groups is 1. The highest BCUT2D eigenvalue weighted by molar-refractivity contribution is 5.94. The molecule has 2 amide bonds. The Morgan fingerprint density at radius 2 is 1.81 bits per heavy atom. The lowest BCUT2D eigenvalue weighted by Gasteiger charge is -2.32. The molecule has 0 aliphatic carbocycles. The van der Waals surface area contributed by atoms with Gasteiger partial charge in [0.2, 0.25) is 5.91 Å². The minimum absolute atomic E-state index is 0.0000763. The molecule has 4 rings (SSSR count). The highest BCUT2D eigenvalue weighted by Crippen LogP contribution is 2.30. The number of aromatic nitrogens is 2. The van der Waals surface area contributed by atoms with Crippen LogP contribution >= 0.6 is 0 Å². The van der Waals surface area contributed by atoms with Crippen LogP contribution in [0.1, 0.15) is 53.9 Å². The van der Waals surface area contributed by atoms with Gasteiger partial charge < -0.3 is 20.6 Å². The first-order valence-electron chi connectivity index (χ1n) is 10.8. The smallest absolute Gasteiger partial charge is 0.253 e. The van der Waals surface area contributed by atoms with Crippen molar-refractivity contribution in [2.24, 2.45) is 5.73 Å². The van der Waals surface area contributed by atoms with Crippen molar-refractivity contribution in [3.8, 4) is 11.3 Å². The second kappa shape index (κ2) is 9.03. The van der Waals surface area contributed by atoms with Gasteiger partial charge in [-0.05, 0) is 43.9 Å². The molecule has 2 aliphatic rings. The maximum atomic E-state index is 12.6. The first-order valence-corrected chi connectivity index (χ1v) is 10.8. The Morgan fingerprint density at radius 1 is 1.13 bits per heavy atom. The van der Waals surface area contributed by atoms with Crippen molar-refractivity contribution in [2.45, 2.75) is 38.0 Å². The van der Waals surface area contributed by atoms with Gasteiger partial charge in [-0.25, -0.2) is 0 Å². The summed E-state index contributed by atoms with van der Waals surface area (Å²) >= 11 is 0. The van der Waals surface area contributed by atoms with Crippen molar-refractivity contribution in [2.75, 3.05) is 26.2 Å². The zero-order chi connectivity index (χ0) is 22.0. The summed E-state index contributed by atoms with van der Waals surface area (Å²) in [7, 11) is 0. The molecule has 3 heterocycles. The molecule has 3 N–H and O–H groups in total. The Morgan fingerprint density at radius 3 is 2.45 bits per heavy atom. The van der Waals surface area contributed by atoms with Gasteiger partial charge in [0.05, 0.1) is 11.7 Å². The molecule has 2 fully saturated rings. The predicted octanol–water partition coefficient (Wildman–Crippen LogP) is 2.09. The summed E-state index contributed by atoms with van der Waals surface area (Å²) < 4.78 is 1.80. The molecule has 2 atom stereocenters. The molecular formula is C23H29N5O3. The van der Waals surface area contributed by atoms with E-state index in [9.17, 15) is 14.7 Å². The zero-order valence-corrected chi connectivity index (χ0v) is 17.6. The molecule has 1 aromatic carbocycles. The molecule has 8 nitrogen and oxygen atoms in total. The molecule has 1 aromatic heterocycles. The van der Waals surface area contributed by atoms with Gasteiger partial charge in [0.15, 0.2) is 0 Å². The molecule has 0 saturated carbocycles. The fraction of sp³-hybridized carbons (Fsp3) is 0.435. The summed E-state index contributed by atoms with van der Waals surface area (Å²) in [4.78, 5) is 28.3. The van der Waals surface area contributed by atoms with E-state index >= 15 is 0 Å². The monoisotopic (exact) mass is 423 g/mol. The van der Waals surface area contributed by atoms with E-state index in [4.69, 9.17) is 10.8 Å². The van der Waals surface area contributed by atoms with Gasteiger partial charge in [-0.2, -0.15) is 5.10 Å². The maximum Gasteiger partial charge on any atom is 0.253 e. The van der Waals surface area contributed by atoms with Gasteiger partial charge in [-0.3, -0.25) is 14.3 Å². The van der Waals surface area contributed by atoms with Crippen LogP contribution < -0.4 is 5.73 Å². The molecule has 164 valence electrons. The lowest BCUT2D eigenvalue weighted by Crippen LogP contribution is -2.40. The van der Waals surface area contributed by atoms with Crippen LogP contribution in [0.25, 0.3) is 11.3 Å². The normalized spacial score (nSPS) is 20.0. The van der Waals surface area contributed by atoms with Crippen LogP contribution in [0, 0.1) is 0 Å². The molecule has 1 unspecified atom stereocenters. The third kappa shape index (κ3) is 4.40. The van der Waals surface area contributed by atoms with Gasteiger partial charge in [0.1, 0.15) is 6.23 Å². The SMILES string of the molecule is C=CC(=O)N1CCC[C@@H](n2cc(C(N)O)c(-c3ccc(C(=O)N4CCCC4)cc3)n2)C1. The Labute approximate surface area is 181 Å². The third-order valence-corrected chi connectivity index (χ3v) is 6.13. The molecule has 0 radical (unpaired) electrons. The Kier molecular flexibility index (Phi) is 6.20. The van der Waals surface area contributed by atoms with Crippen LogP contribution in [-0.4, -0.2) is 62.7 Å². The van der Waals surface area contributed by atoms with E-state index in [0.29, 0.717) is 29.9 Å². The Bertz CT molecular complexity index is 960. The number of piperidine rings is 1. The van der Waals surface area contributed by atoms with E-state index in [1.807, 2.05) is 17.0 Å². The number of carbonyl (C=O) groups excluding carboxylic acids is 2. The van der Waals surface area contributed by atoms with E-state index < -0.39 is 6.23 Å². The number of nitrogens with two attached hydrogens (primary N) is 1. The lowest BCUT2D eigenvalue weighted by atomic mass is 10.0. The number of likely N-dealkylation sites (tertiary alicyclic amines) is 2. The highest BCUT2D eigenvalue weighted by Gasteiger charge is 2.26. The number of benzene rings is 1. The van der Waals surface area contributed by atoms with E-state index in [-0.39, 0.29) is 17.9 Å². The van der Waals surface area contributed by atoms with Crippen LogP contribution in [0.5, 0.6) is 0 Å². The van der Waals surface area contributed by atoms with Crippen molar-refractivity contribution in [3.63, 3.8) is 0 Å². The van der Waals surface area contributed by atoms with Crippen molar-refractivity contribution in [1.29, 1.82) is 0 Å². The van der Waals surface area contributed by atoms with Gasteiger partial charge >= 0.3 is 0 Å². The largest absolute Gasteiger partial charge is 0.374 e. The van der Waals surface area contributed by atoms with Gasteiger partial charge in [0.25, 0.3) is 5.91 Å². The average Bonchev–Trinajstić information content (AvgIpc) is 3.49. The summed E-state index contributed by atoms with van der Waals surface area (Å²) in [5.41, 5.74) is 8.35. The van der Waals surface area contributed by atoms with E-state index in [0.717, 1.165) is 44.3 Å². The van der Waals surface area contributed by atoms with Crippen molar-refractivity contribution in [3.05, 3.63) is 54.2 Å². The summed E-state index contributed by atoms with van der Waals surface area (Å²) in [6, 6.07) is 7.28. The molecule has 2 aromatic rings. The van der Waals surface area contributed by atoms with Gasteiger partial charge in [0, 0.05) is 49.1 Å². The van der Waals surface area contributed by atoms with Crippen molar-refractivity contribution < 1.29 is 14.7 Å². The minimum atomic E-state index is -1.18. The van der Waals surface area contributed by atoms with Gasteiger partial charge in [-0.1, -0.05) is 18.7 Å². The third-order valence-electron chi connectivity index (χ3n) is 6.13. The van der Waals surface area contributed by atoms with Crippen LogP contribution in [0.4, 0.5) is 0 Å². The molecular weight excluding hydrogens is 394 g/mol. The van der Waals surface area contributed by atoms with E-state index in [1.54, 1.807) is 27.9 Å². The van der Waals surface area contributed by atoms with Crippen molar-refractivity contribution >= 4 is 11.8 Å². The number of rotatable bonds is 5. The number of aliphatic hydroxyl groups excluding tert-OH is 1. The quantitative estimate of drug-likeness (QED) is 0.566. The van der Waals surface area contributed by atoms with Gasteiger partial charge in [-0.15, -0.1) is 0 Å². The van der Waals surface area contributed by atoms with Crippen LogP contribution in [0.15, 0.2) is 43.1 Å². The standard InChI is InChI=1S/C23H29N5O3/c1-2-20(29)27-13-5-6-18(14-27)28-15-19(22(24)30)21(25-28)16-7-9-17(10-8-16)23(31)26-11-3-4-12-26/h2,7-10,15,18,22,30H,1,3-6,11-14,24H2/t18-,22?/m1/s1. The summed E-state index contributed by atoms with van der Waals surface area (Å²) in [6.07, 6.45) is 5.77. The number of nitrogens with zero attached hydrogens (tertiary/aromatic N) is 4. The number of carbonyl (C=O) groups is 2. The summed E-state index contributed by atoms with van der Waals surface area (Å²) in [5.74, 6) is -0.0442. The molecule has 2 saturated heterocycles. The minimum Gasteiger partial charge on any atom is -0.374 e. The number of hydrogen-bond donors (Lipinski definition) is 2. The second-order valence-electron chi connectivity index (χ2n) is 8.22. The zero-order valence-electron chi connectivity index (χ0n) is 17.6. The van der Waals surface area contributed by atoms with Crippen LogP contribution in [-0.2, 0) is 4.79 Å². The average molecular weight is 424 g/mol. The molecule has 0 spiro atoms. The second-order valence-corrected chi connectivity index (χ2v) is 8.22. The van der Waals surface area contributed by atoms with E-state index in [1.165, 1.54) is 6.08 Å². The highest BCUT2D eigenvalue weighted by atomic mass is 16.3. The fourth-order valence-electron chi connectivity index (χ4n) is 4.41. The van der Waals surface area contributed by atoms with Crippen LogP contribution in [0.3, 0.4) is 0 Å². The molecule has 0 bridgehead atoms. The first kappa shape index (κ1) is 21.3. The fourth-order valence-corrected chi connectivity index (χ4v) is 4.41.